The van der Waals surface area contributed by atoms with Gasteiger partial charge in [0.05, 0.1) is 18.1 Å². The molecule has 0 saturated heterocycles. The summed E-state index contributed by atoms with van der Waals surface area (Å²) in [6.45, 7) is 0.859. The van der Waals surface area contributed by atoms with Crippen molar-refractivity contribution in [2.75, 3.05) is 7.05 Å². The summed E-state index contributed by atoms with van der Waals surface area (Å²) in [5.41, 5.74) is 1.19. The monoisotopic (exact) mass is 223 g/mol. The van der Waals surface area contributed by atoms with Crippen LogP contribution in [0.1, 0.15) is 31.4 Å². The van der Waals surface area contributed by atoms with Gasteiger partial charge in [-0.15, -0.1) is 0 Å². The van der Waals surface area contributed by atoms with Crippen molar-refractivity contribution >= 4 is 0 Å². The number of imidazole rings is 1. The second-order valence-corrected chi connectivity index (χ2v) is 4.83. The Morgan fingerprint density at radius 1 is 1.50 bits per heavy atom. The summed E-state index contributed by atoms with van der Waals surface area (Å²) in [4.78, 5) is 6.36. The van der Waals surface area contributed by atoms with E-state index in [1.165, 1.54) is 12.1 Å². The van der Waals surface area contributed by atoms with Gasteiger partial charge < -0.3 is 9.67 Å². The second kappa shape index (κ2) is 4.97. The van der Waals surface area contributed by atoms with Gasteiger partial charge in [-0.05, 0) is 19.9 Å². The standard InChI is InChI=1S/C12H21N3O/c1-14(8-10-7-13-9-15(10)2)11-5-3-4-6-12(11)16/h7,9,11-12,16H,3-6,8H2,1-2H3. The second-order valence-electron chi connectivity index (χ2n) is 4.83. The van der Waals surface area contributed by atoms with E-state index in [1.807, 2.05) is 24.1 Å². The summed E-state index contributed by atoms with van der Waals surface area (Å²) >= 11 is 0. The van der Waals surface area contributed by atoms with E-state index >= 15 is 0 Å². The lowest BCUT2D eigenvalue weighted by Gasteiger charge is -2.35. The average Bonchev–Trinajstić information content (AvgIpc) is 2.65. The molecule has 1 saturated carbocycles. The number of hydrogen-bond donors (Lipinski definition) is 1. The predicted molar refractivity (Wildman–Crippen MR) is 62.9 cm³/mol. The molecule has 2 atom stereocenters. The molecule has 16 heavy (non-hydrogen) atoms. The highest BCUT2D eigenvalue weighted by molar-refractivity contribution is 4.98. The van der Waals surface area contributed by atoms with Crippen LogP contribution in [0.5, 0.6) is 0 Å². The molecule has 0 aliphatic heterocycles. The molecule has 1 aromatic rings. The molecule has 0 spiro atoms. The number of nitrogens with zero attached hydrogens (tertiary/aromatic N) is 3. The highest BCUT2D eigenvalue weighted by Gasteiger charge is 2.26. The third-order valence-electron chi connectivity index (χ3n) is 3.59. The molecule has 2 unspecified atom stereocenters. The number of aliphatic hydroxyl groups is 1. The summed E-state index contributed by atoms with van der Waals surface area (Å²) < 4.78 is 2.03. The van der Waals surface area contributed by atoms with E-state index in [1.54, 1.807) is 0 Å². The van der Waals surface area contributed by atoms with E-state index in [4.69, 9.17) is 0 Å². The molecule has 1 aliphatic rings. The number of aryl methyl sites for hydroxylation is 1. The maximum absolute atomic E-state index is 9.97. The smallest absolute Gasteiger partial charge is 0.0945 e. The van der Waals surface area contributed by atoms with Crippen molar-refractivity contribution in [2.24, 2.45) is 7.05 Å². The Morgan fingerprint density at radius 2 is 2.25 bits per heavy atom. The van der Waals surface area contributed by atoms with Gasteiger partial charge in [0.25, 0.3) is 0 Å². The normalized spacial score (nSPS) is 26.2. The maximum Gasteiger partial charge on any atom is 0.0945 e. The fraction of sp³-hybridized carbons (Fsp3) is 0.750. The average molecular weight is 223 g/mol. The molecule has 1 N–H and O–H groups in total. The van der Waals surface area contributed by atoms with Crippen LogP contribution in [0.3, 0.4) is 0 Å². The zero-order valence-corrected chi connectivity index (χ0v) is 10.1. The van der Waals surface area contributed by atoms with E-state index in [0.29, 0.717) is 6.04 Å². The minimum atomic E-state index is -0.160. The van der Waals surface area contributed by atoms with Crippen LogP contribution in [0.15, 0.2) is 12.5 Å². The lowest BCUT2D eigenvalue weighted by Crippen LogP contribution is -2.43. The Bertz CT molecular complexity index is 337. The molecule has 1 heterocycles. The van der Waals surface area contributed by atoms with Gasteiger partial charge in [0.2, 0.25) is 0 Å². The lowest BCUT2D eigenvalue weighted by atomic mass is 9.91. The first-order valence-electron chi connectivity index (χ1n) is 6.02. The van der Waals surface area contributed by atoms with Crippen molar-refractivity contribution in [3.05, 3.63) is 18.2 Å². The first kappa shape index (κ1) is 11.6. The lowest BCUT2D eigenvalue weighted by molar-refractivity contribution is 0.0280. The van der Waals surface area contributed by atoms with Crippen molar-refractivity contribution in [3.63, 3.8) is 0 Å². The van der Waals surface area contributed by atoms with Crippen LogP contribution >= 0.6 is 0 Å². The van der Waals surface area contributed by atoms with E-state index in [0.717, 1.165) is 25.8 Å². The van der Waals surface area contributed by atoms with Crippen LogP contribution in [-0.2, 0) is 13.6 Å². The molecule has 0 amide bonds. The highest BCUT2D eigenvalue weighted by Crippen LogP contribution is 2.23. The third kappa shape index (κ3) is 2.44. The van der Waals surface area contributed by atoms with Crippen LogP contribution in [0, 0.1) is 0 Å². The van der Waals surface area contributed by atoms with Crippen molar-refractivity contribution in [1.29, 1.82) is 0 Å². The molecular weight excluding hydrogens is 202 g/mol. The fourth-order valence-corrected chi connectivity index (χ4v) is 2.52. The Hall–Kier alpha value is -0.870. The Balaban J connectivity index is 1.96. The summed E-state index contributed by atoms with van der Waals surface area (Å²) in [7, 11) is 4.10. The van der Waals surface area contributed by atoms with Crippen molar-refractivity contribution in [1.82, 2.24) is 14.5 Å². The zero-order chi connectivity index (χ0) is 11.5. The summed E-state index contributed by atoms with van der Waals surface area (Å²) in [6, 6.07) is 0.309. The van der Waals surface area contributed by atoms with E-state index < -0.39 is 0 Å². The molecule has 0 bridgehead atoms. The van der Waals surface area contributed by atoms with Gasteiger partial charge in [-0.1, -0.05) is 12.8 Å². The van der Waals surface area contributed by atoms with Crippen molar-refractivity contribution < 1.29 is 5.11 Å². The fourth-order valence-electron chi connectivity index (χ4n) is 2.52. The summed E-state index contributed by atoms with van der Waals surface area (Å²) in [5.74, 6) is 0. The minimum Gasteiger partial charge on any atom is -0.391 e. The quantitative estimate of drug-likeness (QED) is 0.836. The first-order valence-corrected chi connectivity index (χ1v) is 6.02. The van der Waals surface area contributed by atoms with Gasteiger partial charge in [-0.2, -0.15) is 0 Å². The van der Waals surface area contributed by atoms with Crippen molar-refractivity contribution in [3.8, 4) is 0 Å². The van der Waals surface area contributed by atoms with Crippen molar-refractivity contribution in [2.45, 2.75) is 44.4 Å². The van der Waals surface area contributed by atoms with Crippen LogP contribution < -0.4 is 0 Å². The van der Waals surface area contributed by atoms with Crippen LogP contribution in [0.25, 0.3) is 0 Å². The summed E-state index contributed by atoms with van der Waals surface area (Å²) in [6.07, 6.45) is 8.00. The number of hydrogen-bond acceptors (Lipinski definition) is 3. The number of aliphatic hydroxyl groups excluding tert-OH is 1. The van der Waals surface area contributed by atoms with E-state index in [9.17, 15) is 5.11 Å². The molecule has 0 aromatic carbocycles. The molecule has 1 aliphatic carbocycles. The van der Waals surface area contributed by atoms with Crippen LogP contribution in [0.2, 0.25) is 0 Å². The molecular formula is C12H21N3O. The van der Waals surface area contributed by atoms with Gasteiger partial charge in [0, 0.05) is 25.8 Å². The third-order valence-corrected chi connectivity index (χ3v) is 3.59. The number of likely N-dealkylation sites (N-methyl/N-ethyl adjacent to an activating group) is 1. The van der Waals surface area contributed by atoms with Crippen LogP contribution in [0.4, 0.5) is 0 Å². The van der Waals surface area contributed by atoms with Gasteiger partial charge in [0.15, 0.2) is 0 Å². The zero-order valence-electron chi connectivity index (χ0n) is 10.1. The van der Waals surface area contributed by atoms with E-state index in [2.05, 4.69) is 16.9 Å². The van der Waals surface area contributed by atoms with Crippen LogP contribution in [-0.4, -0.2) is 38.8 Å². The molecule has 1 aromatic heterocycles. The number of rotatable bonds is 3. The molecule has 0 radical (unpaired) electrons. The first-order chi connectivity index (χ1) is 7.68. The predicted octanol–water partition coefficient (Wildman–Crippen LogP) is 1.16. The molecule has 4 heteroatoms. The Kier molecular flexibility index (Phi) is 3.61. The summed E-state index contributed by atoms with van der Waals surface area (Å²) in [5, 5.41) is 9.97. The van der Waals surface area contributed by atoms with E-state index in [-0.39, 0.29) is 6.10 Å². The molecule has 2 rings (SSSR count). The van der Waals surface area contributed by atoms with Gasteiger partial charge in [0.1, 0.15) is 0 Å². The number of aromatic nitrogens is 2. The van der Waals surface area contributed by atoms with Gasteiger partial charge in [-0.3, -0.25) is 4.90 Å². The van der Waals surface area contributed by atoms with Gasteiger partial charge >= 0.3 is 0 Å². The minimum absolute atomic E-state index is 0.160. The maximum atomic E-state index is 9.97. The van der Waals surface area contributed by atoms with Gasteiger partial charge in [-0.25, -0.2) is 4.98 Å². The SMILES string of the molecule is CN(Cc1cncn1C)C1CCCCC1O. The molecule has 90 valence electrons. The largest absolute Gasteiger partial charge is 0.391 e. The highest BCUT2D eigenvalue weighted by atomic mass is 16.3. The topological polar surface area (TPSA) is 41.3 Å². The Labute approximate surface area is 96.9 Å². The molecule has 4 nitrogen and oxygen atoms in total. The molecule has 1 fully saturated rings. The Morgan fingerprint density at radius 3 is 2.88 bits per heavy atom.